The Hall–Kier alpha value is -3.02. The predicted molar refractivity (Wildman–Crippen MR) is 98.3 cm³/mol. The van der Waals surface area contributed by atoms with Crippen molar-refractivity contribution in [3.05, 3.63) is 58.7 Å². The van der Waals surface area contributed by atoms with Gasteiger partial charge in [-0.05, 0) is 50.0 Å². The van der Waals surface area contributed by atoms with Gasteiger partial charge in [0.1, 0.15) is 12.0 Å². The first kappa shape index (κ1) is 17.8. The molecule has 26 heavy (non-hydrogen) atoms. The first-order valence-electron chi connectivity index (χ1n) is 8.67. The number of aromatic nitrogens is 4. The standard InChI is InChI=1S/C20H20N4O2/c1-3-16-7-8-21-19(24-16)10-15-6-4-5-14(20(15)26)9-17-11-18(13(2)25)23-12-22-17/h7-12H,3-6H2,1-2H3/b14-9+,15-10+. The van der Waals surface area contributed by atoms with E-state index in [-0.39, 0.29) is 11.6 Å². The molecule has 0 spiro atoms. The maximum absolute atomic E-state index is 12.8. The third-order valence-electron chi connectivity index (χ3n) is 4.24. The van der Waals surface area contributed by atoms with E-state index in [1.54, 1.807) is 24.4 Å². The number of aryl methyl sites for hydroxylation is 1. The average Bonchev–Trinajstić information content (AvgIpc) is 2.65. The molecule has 0 N–H and O–H groups in total. The lowest BCUT2D eigenvalue weighted by atomic mass is 9.88. The van der Waals surface area contributed by atoms with Crippen LogP contribution < -0.4 is 0 Å². The summed E-state index contributed by atoms with van der Waals surface area (Å²) >= 11 is 0. The number of hydrogen-bond donors (Lipinski definition) is 0. The van der Waals surface area contributed by atoms with Crippen LogP contribution in [-0.4, -0.2) is 31.5 Å². The summed E-state index contributed by atoms with van der Waals surface area (Å²) in [4.78, 5) is 41.0. The van der Waals surface area contributed by atoms with Gasteiger partial charge in [0.25, 0.3) is 0 Å². The maximum atomic E-state index is 12.8. The number of hydrogen-bond acceptors (Lipinski definition) is 6. The maximum Gasteiger partial charge on any atom is 0.185 e. The fourth-order valence-electron chi connectivity index (χ4n) is 2.84. The molecule has 2 aromatic heterocycles. The van der Waals surface area contributed by atoms with Crippen molar-refractivity contribution in [2.24, 2.45) is 0 Å². The molecular formula is C20H20N4O2. The van der Waals surface area contributed by atoms with Crippen LogP contribution in [0.3, 0.4) is 0 Å². The molecule has 0 radical (unpaired) electrons. The van der Waals surface area contributed by atoms with Crippen molar-refractivity contribution in [2.75, 3.05) is 0 Å². The molecule has 1 fully saturated rings. The van der Waals surface area contributed by atoms with Gasteiger partial charge in [-0.2, -0.15) is 0 Å². The molecule has 6 nitrogen and oxygen atoms in total. The van der Waals surface area contributed by atoms with Crippen LogP contribution in [0.25, 0.3) is 12.2 Å². The summed E-state index contributed by atoms with van der Waals surface area (Å²) in [5.41, 5.74) is 3.25. The highest BCUT2D eigenvalue weighted by Crippen LogP contribution is 2.27. The van der Waals surface area contributed by atoms with E-state index in [2.05, 4.69) is 19.9 Å². The van der Waals surface area contributed by atoms with E-state index >= 15 is 0 Å². The minimum atomic E-state index is -0.129. The summed E-state index contributed by atoms with van der Waals surface area (Å²) in [6.07, 6.45) is 9.67. The van der Waals surface area contributed by atoms with Gasteiger partial charge in [-0.25, -0.2) is 19.9 Å². The molecule has 0 aliphatic heterocycles. The molecule has 0 aromatic carbocycles. The van der Waals surface area contributed by atoms with Crippen molar-refractivity contribution < 1.29 is 9.59 Å². The van der Waals surface area contributed by atoms with Crippen LogP contribution in [0.2, 0.25) is 0 Å². The van der Waals surface area contributed by atoms with E-state index in [4.69, 9.17) is 0 Å². The molecule has 0 atom stereocenters. The molecule has 6 heteroatoms. The van der Waals surface area contributed by atoms with Crippen molar-refractivity contribution in [3.8, 4) is 0 Å². The highest BCUT2D eigenvalue weighted by Gasteiger charge is 2.21. The molecule has 132 valence electrons. The first-order chi connectivity index (χ1) is 12.6. The lowest BCUT2D eigenvalue weighted by molar-refractivity contribution is -0.112. The molecule has 1 aliphatic rings. The highest BCUT2D eigenvalue weighted by atomic mass is 16.1. The summed E-state index contributed by atoms with van der Waals surface area (Å²) in [7, 11) is 0. The molecule has 2 aromatic rings. The zero-order valence-corrected chi connectivity index (χ0v) is 14.9. The number of rotatable bonds is 4. The Morgan fingerprint density at radius 1 is 1.15 bits per heavy atom. The Morgan fingerprint density at radius 3 is 2.65 bits per heavy atom. The lowest BCUT2D eigenvalue weighted by Crippen LogP contribution is -2.13. The molecule has 0 bridgehead atoms. The Labute approximate surface area is 152 Å². The van der Waals surface area contributed by atoms with Crippen LogP contribution in [0.1, 0.15) is 60.8 Å². The fourth-order valence-corrected chi connectivity index (χ4v) is 2.84. The molecule has 1 saturated carbocycles. The first-order valence-corrected chi connectivity index (χ1v) is 8.67. The molecule has 0 amide bonds. The second kappa shape index (κ2) is 7.91. The topological polar surface area (TPSA) is 85.7 Å². The normalized spacial score (nSPS) is 17.7. The summed E-state index contributed by atoms with van der Waals surface area (Å²) in [6, 6.07) is 3.48. The van der Waals surface area contributed by atoms with Gasteiger partial charge in [0.15, 0.2) is 17.4 Å². The summed E-state index contributed by atoms with van der Waals surface area (Å²) in [5, 5.41) is 0. The predicted octanol–water partition coefficient (Wildman–Crippen LogP) is 3.25. The van der Waals surface area contributed by atoms with Gasteiger partial charge in [0.2, 0.25) is 0 Å². The van der Waals surface area contributed by atoms with Gasteiger partial charge in [0.05, 0.1) is 5.69 Å². The summed E-state index contributed by atoms with van der Waals surface area (Å²) < 4.78 is 0. The van der Waals surface area contributed by atoms with Gasteiger partial charge in [-0.3, -0.25) is 9.59 Å². The van der Waals surface area contributed by atoms with E-state index in [0.717, 1.165) is 18.5 Å². The Bertz CT molecular complexity index is 916. The third-order valence-corrected chi connectivity index (χ3v) is 4.24. The van der Waals surface area contributed by atoms with Gasteiger partial charge in [-0.1, -0.05) is 6.92 Å². The fraction of sp³-hybridized carbons (Fsp3) is 0.300. The van der Waals surface area contributed by atoms with E-state index < -0.39 is 0 Å². The number of allylic oxidation sites excluding steroid dienone is 2. The molecule has 1 aliphatic carbocycles. The van der Waals surface area contributed by atoms with E-state index in [9.17, 15) is 9.59 Å². The monoisotopic (exact) mass is 348 g/mol. The average molecular weight is 348 g/mol. The smallest absolute Gasteiger partial charge is 0.185 e. The van der Waals surface area contributed by atoms with Crippen molar-refractivity contribution in [1.82, 2.24) is 19.9 Å². The molecule has 2 heterocycles. The zero-order chi connectivity index (χ0) is 18.5. The number of carbonyl (C=O) groups is 2. The van der Waals surface area contributed by atoms with E-state index in [1.807, 2.05) is 13.0 Å². The third kappa shape index (κ3) is 4.14. The summed E-state index contributed by atoms with van der Waals surface area (Å²) in [6.45, 7) is 3.49. The molecular weight excluding hydrogens is 328 g/mol. The highest BCUT2D eigenvalue weighted by molar-refractivity contribution is 6.13. The van der Waals surface area contributed by atoms with Crippen LogP contribution in [0.5, 0.6) is 0 Å². The quantitative estimate of drug-likeness (QED) is 0.623. The minimum Gasteiger partial charge on any atom is -0.293 e. The summed E-state index contributed by atoms with van der Waals surface area (Å²) in [5.74, 6) is 0.426. The van der Waals surface area contributed by atoms with Crippen LogP contribution in [0.15, 0.2) is 35.8 Å². The number of Topliss-reactive ketones (excluding diaryl/α,β-unsaturated/α-hetero) is 2. The largest absolute Gasteiger partial charge is 0.293 e. The van der Waals surface area contributed by atoms with Gasteiger partial charge in [0, 0.05) is 30.0 Å². The second-order valence-corrected chi connectivity index (χ2v) is 6.17. The van der Waals surface area contributed by atoms with Crippen LogP contribution in [-0.2, 0) is 11.2 Å². The number of carbonyl (C=O) groups excluding carboxylic acids is 2. The Kier molecular flexibility index (Phi) is 5.41. The van der Waals surface area contributed by atoms with Crippen molar-refractivity contribution in [1.29, 1.82) is 0 Å². The van der Waals surface area contributed by atoms with Crippen molar-refractivity contribution >= 4 is 23.7 Å². The van der Waals surface area contributed by atoms with Crippen molar-refractivity contribution in [2.45, 2.75) is 39.5 Å². The molecule has 3 rings (SSSR count). The van der Waals surface area contributed by atoms with Crippen molar-refractivity contribution in [3.63, 3.8) is 0 Å². The molecule has 0 saturated heterocycles. The van der Waals surface area contributed by atoms with E-state index in [0.29, 0.717) is 41.2 Å². The SMILES string of the molecule is CCc1ccnc(/C=C2\CCC/C(=C\c3cc(C(C)=O)ncn3)C2=O)n1. The van der Waals surface area contributed by atoms with E-state index in [1.165, 1.54) is 13.3 Å². The Balaban J connectivity index is 1.88. The zero-order valence-electron chi connectivity index (χ0n) is 14.9. The molecule has 0 unspecified atom stereocenters. The number of nitrogens with zero attached hydrogens (tertiary/aromatic N) is 4. The second-order valence-electron chi connectivity index (χ2n) is 6.17. The number of ketones is 2. The van der Waals surface area contributed by atoms with Gasteiger partial charge in [-0.15, -0.1) is 0 Å². The van der Waals surface area contributed by atoms with Gasteiger partial charge >= 0.3 is 0 Å². The van der Waals surface area contributed by atoms with Crippen LogP contribution >= 0.6 is 0 Å². The Morgan fingerprint density at radius 2 is 1.92 bits per heavy atom. The lowest BCUT2D eigenvalue weighted by Gasteiger charge is -2.16. The van der Waals surface area contributed by atoms with Gasteiger partial charge < -0.3 is 0 Å². The van der Waals surface area contributed by atoms with Crippen LogP contribution in [0, 0.1) is 0 Å². The minimum absolute atomic E-state index is 0.00950. The van der Waals surface area contributed by atoms with Crippen LogP contribution in [0.4, 0.5) is 0 Å².